The highest BCUT2D eigenvalue weighted by Crippen LogP contribution is 2.37. The van der Waals surface area contributed by atoms with Gasteiger partial charge in [0.05, 0.1) is 17.2 Å². The lowest BCUT2D eigenvalue weighted by molar-refractivity contribution is -0.139. The maximum atomic E-state index is 12.0. The van der Waals surface area contributed by atoms with Crippen LogP contribution in [-0.2, 0) is 19.1 Å². The number of fused-ring (bicyclic) bond motifs is 1. The number of hydrogen-bond donors (Lipinski definition) is 2. The maximum Gasteiger partial charge on any atom is 0.262 e. The van der Waals surface area contributed by atoms with E-state index in [1.165, 1.54) is 17.8 Å². The number of thioether (sulfide) groups is 1. The molecule has 2 aliphatic heterocycles. The number of amides is 2. The Morgan fingerprint density at radius 2 is 2.26 bits per heavy atom. The Labute approximate surface area is 138 Å². The van der Waals surface area contributed by atoms with E-state index < -0.39 is 5.79 Å². The van der Waals surface area contributed by atoms with Crippen LogP contribution in [0.15, 0.2) is 40.1 Å². The van der Waals surface area contributed by atoms with Gasteiger partial charge in [-0.3, -0.25) is 9.59 Å². The van der Waals surface area contributed by atoms with Gasteiger partial charge in [0.15, 0.2) is 5.79 Å². The molecule has 1 aromatic carbocycles. The standard InChI is InChI=1S/C16H18N2O4S/c1-16(2)21-9-10(22-16)8-17-14(19)7-13-15(20)18-11-5-3-4-6-12(11)23-13/h3-7,10H,8-9H2,1-2H3,(H,17,19)(H,18,20)/b13-7-/t10-/m0/s1. The molecule has 2 aliphatic rings. The normalized spacial score (nSPS) is 24.2. The number of carbonyl (C=O) groups excluding carboxylic acids is 2. The van der Waals surface area contributed by atoms with Crippen molar-refractivity contribution in [1.29, 1.82) is 0 Å². The van der Waals surface area contributed by atoms with Crippen LogP contribution < -0.4 is 10.6 Å². The van der Waals surface area contributed by atoms with Crippen LogP contribution in [0.5, 0.6) is 0 Å². The van der Waals surface area contributed by atoms with Gasteiger partial charge in [0.1, 0.15) is 6.10 Å². The minimum atomic E-state index is -0.614. The van der Waals surface area contributed by atoms with Gasteiger partial charge in [-0.25, -0.2) is 0 Å². The summed E-state index contributed by atoms with van der Waals surface area (Å²) < 4.78 is 11.0. The quantitative estimate of drug-likeness (QED) is 0.826. The summed E-state index contributed by atoms with van der Waals surface area (Å²) in [4.78, 5) is 25.3. The summed E-state index contributed by atoms with van der Waals surface area (Å²) in [6, 6.07) is 7.47. The van der Waals surface area contributed by atoms with E-state index in [-0.39, 0.29) is 17.9 Å². The number of ether oxygens (including phenoxy) is 2. The SMILES string of the molecule is CC1(C)OC[C@H](CNC(=O)/C=C2\Sc3ccccc3NC2=O)O1. The fourth-order valence-electron chi connectivity index (χ4n) is 2.35. The summed E-state index contributed by atoms with van der Waals surface area (Å²) in [7, 11) is 0. The van der Waals surface area contributed by atoms with E-state index in [9.17, 15) is 9.59 Å². The molecule has 0 bridgehead atoms. The summed E-state index contributed by atoms with van der Waals surface area (Å²) in [5, 5.41) is 5.51. The Bertz CT molecular complexity index is 672. The molecule has 1 saturated heterocycles. The monoisotopic (exact) mass is 334 g/mol. The van der Waals surface area contributed by atoms with Crippen molar-refractivity contribution in [2.45, 2.75) is 30.6 Å². The average molecular weight is 334 g/mol. The second kappa shape index (κ2) is 6.35. The number of para-hydroxylation sites is 1. The molecular formula is C16H18N2O4S. The van der Waals surface area contributed by atoms with Crippen molar-refractivity contribution in [2.75, 3.05) is 18.5 Å². The predicted molar refractivity (Wildman–Crippen MR) is 86.9 cm³/mol. The minimum Gasteiger partial charge on any atom is -0.350 e. The van der Waals surface area contributed by atoms with E-state index in [0.717, 1.165) is 10.6 Å². The predicted octanol–water partition coefficient (Wildman–Crippen LogP) is 1.88. The number of rotatable bonds is 3. The van der Waals surface area contributed by atoms with E-state index in [0.29, 0.717) is 18.1 Å². The number of carbonyl (C=O) groups is 2. The van der Waals surface area contributed by atoms with Crippen LogP contribution in [0.25, 0.3) is 0 Å². The van der Waals surface area contributed by atoms with Gasteiger partial charge in [0.2, 0.25) is 5.91 Å². The van der Waals surface area contributed by atoms with Gasteiger partial charge in [-0.15, -0.1) is 0 Å². The van der Waals surface area contributed by atoms with Crippen LogP contribution in [0.4, 0.5) is 5.69 Å². The van der Waals surface area contributed by atoms with Crippen molar-refractivity contribution in [2.24, 2.45) is 0 Å². The first-order valence-electron chi connectivity index (χ1n) is 7.32. The van der Waals surface area contributed by atoms with Crippen LogP contribution in [0.1, 0.15) is 13.8 Å². The first-order chi connectivity index (χ1) is 10.9. The molecule has 122 valence electrons. The summed E-state index contributed by atoms with van der Waals surface area (Å²) in [6.45, 7) is 4.44. The molecule has 23 heavy (non-hydrogen) atoms. The molecular weight excluding hydrogens is 316 g/mol. The van der Waals surface area contributed by atoms with Crippen LogP contribution in [0.2, 0.25) is 0 Å². The van der Waals surface area contributed by atoms with Gasteiger partial charge in [-0.2, -0.15) is 0 Å². The Morgan fingerprint density at radius 1 is 1.48 bits per heavy atom. The molecule has 0 saturated carbocycles. The van der Waals surface area contributed by atoms with Crippen LogP contribution >= 0.6 is 11.8 Å². The van der Waals surface area contributed by atoms with Crippen molar-refractivity contribution < 1.29 is 19.1 Å². The van der Waals surface area contributed by atoms with E-state index in [1.54, 1.807) is 0 Å². The maximum absolute atomic E-state index is 12.0. The topological polar surface area (TPSA) is 76.7 Å². The third-order valence-electron chi connectivity index (χ3n) is 3.41. The van der Waals surface area contributed by atoms with E-state index in [2.05, 4.69) is 10.6 Å². The molecule has 0 radical (unpaired) electrons. The molecule has 2 heterocycles. The van der Waals surface area contributed by atoms with Gasteiger partial charge < -0.3 is 20.1 Å². The lowest BCUT2D eigenvalue weighted by Gasteiger charge is -2.18. The molecule has 0 aromatic heterocycles. The third-order valence-corrected chi connectivity index (χ3v) is 4.51. The zero-order valence-corrected chi connectivity index (χ0v) is 13.7. The Morgan fingerprint density at radius 3 is 3.00 bits per heavy atom. The smallest absolute Gasteiger partial charge is 0.262 e. The van der Waals surface area contributed by atoms with Crippen molar-refractivity contribution >= 4 is 29.3 Å². The highest BCUT2D eigenvalue weighted by atomic mass is 32.2. The largest absolute Gasteiger partial charge is 0.350 e. The lowest BCUT2D eigenvalue weighted by atomic mass is 10.3. The van der Waals surface area contributed by atoms with E-state index in [4.69, 9.17) is 9.47 Å². The van der Waals surface area contributed by atoms with E-state index >= 15 is 0 Å². The molecule has 6 nitrogen and oxygen atoms in total. The molecule has 1 fully saturated rings. The molecule has 0 unspecified atom stereocenters. The number of nitrogens with one attached hydrogen (secondary N) is 2. The Hall–Kier alpha value is -1.83. The number of benzene rings is 1. The molecule has 3 rings (SSSR count). The average Bonchev–Trinajstić information content (AvgIpc) is 2.85. The summed E-state index contributed by atoms with van der Waals surface area (Å²) in [5.74, 6) is -1.21. The fourth-order valence-corrected chi connectivity index (χ4v) is 3.27. The molecule has 0 spiro atoms. The van der Waals surface area contributed by atoms with Gasteiger partial charge in [-0.05, 0) is 26.0 Å². The lowest BCUT2D eigenvalue weighted by Crippen LogP contribution is -2.34. The second-order valence-electron chi connectivity index (χ2n) is 5.76. The number of anilines is 1. The summed E-state index contributed by atoms with van der Waals surface area (Å²) >= 11 is 1.28. The highest BCUT2D eigenvalue weighted by Gasteiger charge is 2.32. The van der Waals surface area contributed by atoms with Crippen LogP contribution in [-0.4, -0.2) is 36.9 Å². The fraction of sp³-hybridized carbons (Fsp3) is 0.375. The van der Waals surface area contributed by atoms with E-state index in [1.807, 2.05) is 38.1 Å². The van der Waals surface area contributed by atoms with Crippen molar-refractivity contribution in [3.05, 3.63) is 35.2 Å². The Balaban J connectivity index is 1.59. The zero-order valence-electron chi connectivity index (χ0n) is 12.9. The van der Waals surface area contributed by atoms with Gasteiger partial charge in [0, 0.05) is 17.5 Å². The van der Waals surface area contributed by atoms with Crippen molar-refractivity contribution in [3.8, 4) is 0 Å². The van der Waals surface area contributed by atoms with Crippen LogP contribution in [0.3, 0.4) is 0 Å². The van der Waals surface area contributed by atoms with Gasteiger partial charge >= 0.3 is 0 Å². The molecule has 1 aromatic rings. The third kappa shape index (κ3) is 3.93. The molecule has 2 amide bonds. The van der Waals surface area contributed by atoms with Gasteiger partial charge in [-0.1, -0.05) is 23.9 Å². The van der Waals surface area contributed by atoms with Crippen LogP contribution in [0, 0.1) is 0 Å². The Kier molecular flexibility index (Phi) is 4.43. The second-order valence-corrected chi connectivity index (χ2v) is 6.84. The first kappa shape index (κ1) is 16.0. The minimum absolute atomic E-state index is 0.180. The molecule has 1 atom stereocenters. The molecule has 2 N–H and O–H groups in total. The summed E-state index contributed by atoms with van der Waals surface area (Å²) in [5.41, 5.74) is 0.763. The van der Waals surface area contributed by atoms with Crippen molar-refractivity contribution in [3.63, 3.8) is 0 Å². The summed E-state index contributed by atoms with van der Waals surface area (Å²) in [6.07, 6.45) is 1.14. The number of hydrogen-bond acceptors (Lipinski definition) is 5. The van der Waals surface area contributed by atoms with Gasteiger partial charge in [0.25, 0.3) is 5.91 Å². The van der Waals surface area contributed by atoms with Crippen molar-refractivity contribution in [1.82, 2.24) is 5.32 Å². The molecule has 0 aliphatic carbocycles. The molecule has 7 heteroatoms. The first-order valence-corrected chi connectivity index (χ1v) is 8.14. The highest BCUT2D eigenvalue weighted by molar-refractivity contribution is 8.04. The zero-order chi connectivity index (χ0) is 16.4.